The summed E-state index contributed by atoms with van der Waals surface area (Å²) in [6.07, 6.45) is 0. The first-order valence-corrected chi connectivity index (χ1v) is 22.9. The van der Waals surface area contributed by atoms with Gasteiger partial charge >= 0.3 is 0 Å². The first-order chi connectivity index (χ1) is 33.3. The van der Waals surface area contributed by atoms with Gasteiger partial charge in [-0.05, 0) is 81.6 Å². The van der Waals surface area contributed by atoms with Gasteiger partial charge in [0.05, 0.1) is 22.4 Å². The third-order valence-corrected chi connectivity index (χ3v) is 13.4. The van der Waals surface area contributed by atoms with Gasteiger partial charge in [-0.1, -0.05) is 206 Å². The zero-order chi connectivity index (χ0) is 44.3. The molecule has 0 aliphatic heterocycles. The van der Waals surface area contributed by atoms with Crippen LogP contribution < -0.4 is 4.90 Å². The molecule has 0 saturated carbocycles. The number of anilines is 3. The Hall–Kier alpha value is -8.92. The highest BCUT2D eigenvalue weighted by Gasteiger charge is 2.25. The van der Waals surface area contributed by atoms with E-state index in [1.807, 2.05) is 6.07 Å². The summed E-state index contributed by atoms with van der Waals surface area (Å²) in [5, 5.41) is 7.08. The summed E-state index contributed by atoms with van der Waals surface area (Å²) in [6.45, 7) is 0. The summed E-state index contributed by atoms with van der Waals surface area (Å²) in [5.41, 5.74) is 17.5. The topological polar surface area (TPSA) is 21.3 Å². The van der Waals surface area contributed by atoms with Crippen LogP contribution in [-0.4, -0.2) is 4.57 Å². The number of fused-ring (bicyclic) bond motifs is 7. The molecule has 67 heavy (non-hydrogen) atoms. The highest BCUT2D eigenvalue weighted by molar-refractivity contribution is 6.16. The van der Waals surface area contributed by atoms with Crippen LogP contribution in [-0.2, 0) is 0 Å². The average Bonchev–Trinajstić information content (AvgIpc) is 3.96. The Bertz CT molecular complexity index is 3990. The Morgan fingerprint density at radius 1 is 0.343 bits per heavy atom. The molecule has 0 aliphatic rings. The van der Waals surface area contributed by atoms with Crippen LogP contribution in [0.4, 0.5) is 17.1 Å². The first kappa shape index (κ1) is 38.5. The van der Waals surface area contributed by atoms with E-state index in [0.29, 0.717) is 0 Å². The molecule has 3 heteroatoms. The zero-order valence-electron chi connectivity index (χ0n) is 36.6. The van der Waals surface area contributed by atoms with Gasteiger partial charge in [-0.25, -0.2) is 0 Å². The standard InChI is InChI=1S/C64H42N2O/c1-3-20-43(21-4-1)48-32-16-22-44-23-17-34-54(62(44)48)50-28-7-11-38-58(50)65(47-27-15-24-45(42-47)49-33-18-37-57-53-31-10-14-41-61(53)67-64(49)57)59-39-12-8-29-51(59)55-35-19-36-56-52-30-9-13-40-60(52)66(63(55)56)46-25-5-2-6-26-46/h1-42H. The van der Waals surface area contributed by atoms with Gasteiger partial charge in [-0.15, -0.1) is 0 Å². The lowest BCUT2D eigenvalue weighted by Crippen LogP contribution is -2.13. The van der Waals surface area contributed by atoms with Crippen LogP contribution in [0.15, 0.2) is 259 Å². The number of nitrogens with zero attached hydrogens (tertiary/aromatic N) is 2. The summed E-state index contributed by atoms with van der Waals surface area (Å²) in [4.78, 5) is 2.48. The van der Waals surface area contributed by atoms with E-state index in [4.69, 9.17) is 4.42 Å². The fraction of sp³-hybridized carbons (Fsp3) is 0. The van der Waals surface area contributed by atoms with E-state index in [2.05, 4.69) is 258 Å². The molecule has 11 aromatic carbocycles. The van der Waals surface area contributed by atoms with Crippen molar-refractivity contribution < 1.29 is 4.42 Å². The quantitative estimate of drug-likeness (QED) is 0.152. The maximum Gasteiger partial charge on any atom is 0.143 e. The largest absolute Gasteiger partial charge is 0.455 e. The Balaban J connectivity index is 1.10. The molecule has 0 amide bonds. The fourth-order valence-electron chi connectivity index (χ4n) is 10.5. The summed E-state index contributed by atoms with van der Waals surface area (Å²) in [7, 11) is 0. The number of rotatable bonds is 8. The van der Waals surface area contributed by atoms with E-state index in [0.717, 1.165) is 72.5 Å². The molecule has 0 unspecified atom stereocenters. The van der Waals surface area contributed by atoms with E-state index < -0.39 is 0 Å². The molecular weight excluding hydrogens is 813 g/mol. The monoisotopic (exact) mass is 854 g/mol. The van der Waals surface area contributed by atoms with Crippen LogP contribution in [0.25, 0.3) is 105 Å². The Labute approximate surface area is 388 Å². The number of hydrogen-bond acceptors (Lipinski definition) is 2. The van der Waals surface area contributed by atoms with Crippen molar-refractivity contribution in [3.05, 3.63) is 255 Å². The van der Waals surface area contributed by atoms with Crippen molar-refractivity contribution >= 4 is 71.6 Å². The number of hydrogen-bond donors (Lipinski definition) is 0. The maximum atomic E-state index is 6.65. The number of aromatic nitrogens is 1. The molecular formula is C64H42N2O. The van der Waals surface area contributed by atoms with Crippen molar-refractivity contribution in [1.29, 1.82) is 0 Å². The van der Waals surface area contributed by atoms with Crippen LogP contribution in [0, 0.1) is 0 Å². The van der Waals surface area contributed by atoms with Crippen molar-refractivity contribution in [3.8, 4) is 50.2 Å². The fourth-order valence-corrected chi connectivity index (χ4v) is 10.5. The van der Waals surface area contributed by atoms with Crippen LogP contribution >= 0.6 is 0 Å². The normalized spacial score (nSPS) is 11.6. The predicted molar refractivity (Wildman–Crippen MR) is 282 cm³/mol. The van der Waals surface area contributed by atoms with E-state index in [9.17, 15) is 0 Å². The van der Waals surface area contributed by atoms with Crippen molar-refractivity contribution in [2.45, 2.75) is 0 Å². The summed E-state index contributed by atoms with van der Waals surface area (Å²) in [6, 6.07) is 92.0. The lowest BCUT2D eigenvalue weighted by atomic mass is 9.90. The van der Waals surface area contributed by atoms with Crippen molar-refractivity contribution in [2.24, 2.45) is 0 Å². The minimum Gasteiger partial charge on any atom is -0.455 e. The molecule has 13 aromatic rings. The molecule has 0 atom stereocenters. The SMILES string of the molecule is c1ccc(-c2cccc3cccc(-c4ccccc4N(c4cccc(-c5cccc6c5oc5ccccc56)c4)c4ccccc4-c4cccc5c6ccccc6n(-c6ccccc6)c45)c23)cc1. The summed E-state index contributed by atoms with van der Waals surface area (Å²) < 4.78 is 9.08. The lowest BCUT2D eigenvalue weighted by molar-refractivity contribution is 0.670. The molecule has 3 nitrogen and oxygen atoms in total. The van der Waals surface area contributed by atoms with E-state index in [1.54, 1.807) is 0 Å². The molecule has 0 aliphatic carbocycles. The highest BCUT2D eigenvalue weighted by Crippen LogP contribution is 2.49. The van der Waals surface area contributed by atoms with Gasteiger partial charge in [-0.2, -0.15) is 0 Å². The molecule has 0 saturated heterocycles. The van der Waals surface area contributed by atoms with Gasteiger partial charge in [0.25, 0.3) is 0 Å². The smallest absolute Gasteiger partial charge is 0.143 e. The molecule has 0 spiro atoms. The predicted octanol–water partition coefficient (Wildman–Crippen LogP) is 18.0. The summed E-state index contributed by atoms with van der Waals surface area (Å²) >= 11 is 0. The van der Waals surface area contributed by atoms with Gasteiger partial charge in [0.15, 0.2) is 0 Å². The van der Waals surface area contributed by atoms with Crippen molar-refractivity contribution in [2.75, 3.05) is 4.90 Å². The number of furan rings is 1. The first-order valence-electron chi connectivity index (χ1n) is 22.9. The third kappa shape index (κ3) is 6.35. The second kappa shape index (κ2) is 16.0. The van der Waals surface area contributed by atoms with Gasteiger partial charge < -0.3 is 13.9 Å². The van der Waals surface area contributed by atoms with E-state index in [1.165, 1.54) is 49.3 Å². The third-order valence-electron chi connectivity index (χ3n) is 13.4. The summed E-state index contributed by atoms with van der Waals surface area (Å²) in [5.74, 6) is 0. The Kier molecular flexibility index (Phi) is 9.17. The van der Waals surface area contributed by atoms with Crippen LogP contribution in [0.5, 0.6) is 0 Å². The van der Waals surface area contributed by atoms with Crippen molar-refractivity contribution in [1.82, 2.24) is 4.57 Å². The second-order valence-corrected chi connectivity index (χ2v) is 17.2. The molecule has 0 radical (unpaired) electrons. The minimum atomic E-state index is 0.887. The van der Waals surface area contributed by atoms with Gasteiger partial charge in [-0.3, -0.25) is 0 Å². The van der Waals surface area contributed by atoms with Gasteiger partial charge in [0, 0.05) is 55.2 Å². The zero-order valence-corrected chi connectivity index (χ0v) is 36.6. The molecule has 2 heterocycles. The van der Waals surface area contributed by atoms with Crippen molar-refractivity contribution in [3.63, 3.8) is 0 Å². The minimum absolute atomic E-state index is 0.887. The van der Waals surface area contributed by atoms with E-state index in [-0.39, 0.29) is 0 Å². The maximum absolute atomic E-state index is 6.65. The molecule has 13 rings (SSSR count). The highest BCUT2D eigenvalue weighted by atomic mass is 16.3. The van der Waals surface area contributed by atoms with E-state index >= 15 is 0 Å². The molecule has 314 valence electrons. The number of para-hydroxylation sites is 7. The second-order valence-electron chi connectivity index (χ2n) is 17.2. The van der Waals surface area contributed by atoms with Gasteiger partial charge in [0.2, 0.25) is 0 Å². The van der Waals surface area contributed by atoms with Crippen LogP contribution in [0.3, 0.4) is 0 Å². The Morgan fingerprint density at radius 2 is 0.881 bits per heavy atom. The average molecular weight is 855 g/mol. The molecule has 0 N–H and O–H groups in total. The molecule has 2 aromatic heterocycles. The lowest BCUT2D eigenvalue weighted by Gasteiger charge is -2.31. The number of benzene rings is 11. The van der Waals surface area contributed by atoms with Gasteiger partial charge in [0.1, 0.15) is 11.2 Å². The Morgan fingerprint density at radius 3 is 1.67 bits per heavy atom. The van der Waals surface area contributed by atoms with Crippen LogP contribution in [0.1, 0.15) is 0 Å². The van der Waals surface area contributed by atoms with Crippen LogP contribution in [0.2, 0.25) is 0 Å². The molecule has 0 bridgehead atoms. The molecule has 0 fully saturated rings.